The highest BCUT2D eigenvalue weighted by Gasteiger charge is 2.31. The van der Waals surface area contributed by atoms with Crippen molar-refractivity contribution in [1.29, 1.82) is 0 Å². The standard InChI is InChI=1S/C18H18BrNO3/c1-10-5-4-6-12-13(18(21)20-16(10)12)7-11-8-14(19)17(23-3)15(9-11)22-2/h4-6,8-9,13H,7H2,1-3H3,(H,20,21)/t13-/m1/s1. The van der Waals surface area contributed by atoms with E-state index in [1.165, 1.54) is 0 Å². The van der Waals surface area contributed by atoms with Crippen molar-refractivity contribution in [3.63, 3.8) is 0 Å². The van der Waals surface area contributed by atoms with Crippen LogP contribution >= 0.6 is 15.9 Å². The number of benzene rings is 2. The molecule has 120 valence electrons. The summed E-state index contributed by atoms with van der Waals surface area (Å²) >= 11 is 3.50. The van der Waals surface area contributed by atoms with Crippen LogP contribution in [0.2, 0.25) is 0 Å². The Morgan fingerprint density at radius 1 is 1.22 bits per heavy atom. The van der Waals surface area contributed by atoms with E-state index in [4.69, 9.17) is 9.47 Å². The van der Waals surface area contributed by atoms with E-state index in [2.05, 4.69) is 21.2 Å². The lowest BCUT2D eigenvalue weighted by molar-refractivity contribution is -0.117. The molecule has 23 heavy (non-hydrogen) atoms. The zero-order valence-corrected chi connectivity index (χ0v) is 14.9. The Hall–Kier alpha value is -2.01. The van der Waals surface area contributed by atoms with Gasteiger partial charge in [-0.25, -0.2) is 0 Å². The molecule has 1 atom stereocenters. The third kappa shape index (κ3) is 2.81. The summed E-state index contributed by atoms with van der Waals surface area (Å²) in [6.45, 7) is 2.01. The molecule has 4 nitrogen and oxygen atoms in total. The molecule has 0 radical (unpaired) electrons. The van der Waals surface area contributed by atoms with E-state index in [1.54, 1.807) is 14.2 Å². The minimum atomic E-state index is -0.185. The number of hydrogen-bond donors (Lipinski definition) is 1. The summed E-state index contributed by atoms with van der Waals surface area (Å²) in [6, 6.07) is 9.91. The van der Waals surface area contributed by atoms with Crippen molar-refractivity contribution in [2.24, 2.45) is 0 Å². The summed E-state index contributed by atoms with van der Waals surface area (Å²) in [5.41, 5.74) is 4.11. The van der Waals surface area contributed by atoms with Gasteiger partial charge in [-0.3, -0.25) is 4.79 Å². The van der Waals surface area contributed by atoms with Gasteiger partial charge in [-0.05, 0) is 58.1 Å². The number of rotatable bonds is 4. The highest BCUT2D eigenvalue weighted by molar-refractivity contribution is 9.10. The van der Waals surface area contributed by atoms with Crippen molar-refractivity contribution >= 4 is 27.5 Å². The second-order valence-corrected chi connectivity index (χ2v) is 6.45. The zero-order chi connectivity index (χ0) is 16.6. The first kappa shape index (κ1) is 15.9. The molecule has 0 saturated heterocycles. The van der Waals surface area contributed by atoms with Crippen molar-refractivity contribution in [3.05, 3.63) is 51.5 Å². The Kier molecular flexibility index (Phi) is 4.31. The summed E-state index contributed by atoms with van der Waals surface area (Å²) in [5, 5.41) is 3.00. The Bertz CT molecular complexity index is 773. The number of carbonyl (C=O) groups is 1. The number of halogens is 1. The monoisotopic (exact) mass is 375 g/mol. The molecule has 2 aromatic rings. The van der Waals surface area contributed by atoms with Crippen LogP contribution in [0.1, 0.15) is 22.6 Å². The van der Waals surface area contributed by atoms with Gasteiger partial charge in [0.15, 0.2) is 11.5 Å². The van der Waals surface area contributed by atoms with Gasteiger partial charge in [0.2, 0.25) is 5.91 Å². The van der Waals surface area contributed by atoms with Crippen LogP contribution in [0, 0.1) is 6.92 Å². The van der Waals surface area contributed by atoms with Crippen molar-refractivity contribution in [2.45, 2.75) is 19.3 Å². The Labute approximate surface area is 143 Å². The molecule has 0 spiro atoms. The molecule has 5 heteroatoms. The minimum Gasteiger partial charge on any atom is -0.493 e. The largest absolute Gasteiger partial charge is 0.493 e. The fourth-order valence-electron chi connectivity index (χ4n) is 3.03. The fraction of sp³-hybridized carbons (Fsp3) is 0.278. The van der Waals surface area contributed by atoms with Crippen LogP contribution in [-0.2, 0) is 11.2 Å². The van der Waals surface area contributed by atoms with E-state index < -0.39 is 0 Å². The van der Waals surface area contributed by atoms with Crippen LogP contribution in [0.5, 0.6) is 11.5 Å². The number of nitrogens with one attached hydrogen (secondary N) is 1. The van der Waals surface area contributed by atoms with Gasteiger partial charge in [0.1, 0.15) is 0 Å². The van der Waals surface area contributed by atoms with E-state index in [-0.39, 0.29) is 11.8 Å². The summed E-state index contributed by atoms with van der Waals surface area (Å²) in [7, 11) is 3.21. The highest BCUT2D eigenvalue weighted by Crippen LogP contribution is 2.40. The second-order valence-electron chi connectivity index (χ2n) is 5.60. The van der Waals surface area contributed by atoms with Gasteiger partial charge in [0.05, 0.1) is 24.6 Å². The van der Waals surface area contributed by atoms with Gasteiger partial charge in [-0.1, -0.05) is 18.2 Å². The SMILES string of the molecule is COc1cc(C[C@H]2C(=O)Nc3c(C)cccc32)cc(Br)c1OC. The Morgan fingerprint density at radius 2 is 2.00 bits per heavy atom. The highest BCUT2D eigenvalue weighted by atomic mass is 79.9. The van der Waals surface area contributed by atoms with Crippen LogP contribution < -0.4 is 14.8 Å². The average Bonchev–Trinajstić information content (AvgIpc) is 2.84. The maximum atomic E-state index is 12.4. The lowest BCUT2D eigenvalue weighted by Crippen LogP contribution is -2.14. The van der Waals surface area contributed by atoms with E-state index in [0.29, 0.717) is 17.9 Å². The molecule has 1 heterocycles. The number of carbonyl (C=O) groups excluding carboxylic acids is 1. The van der Waals surface area contributed by atoms with Crippen LogP contribution in [-0.4, -0.2) is 20.1 Å². The van der Waals surface area contributed by atoms with Gasteiger partial charge >= 0.3 is 0 Å². The zero-order valence-electron chi connectivity index (χ0n) is 13.3. The minimum absolute atomic E-state index is 0.0419. The smallest absolute Gasteiger partial charge is 0.232 e. The first-order valence-electron chi connectivity index (χ1n) is 7.36. The molecule has 1 aliphatic rings. The van der Waals surface area contributed by atoms with Gasteiger partial charge in [0, 0.05) is 5.69 Å². The Balaban J connectivity index is 1.96. The van der Waals surface area contributed by atoms with Gasteiger partial charge in [0.25, 0.3) is 0 Å². The number of aryl methyl sites for hydroxylation is 1. The van der Waals surface area contributed by atoms with Crippen LogP contribution in [0.3, 0.4) is 0 Å². The van der Waals surface area contributed by atoms with Crippen molar-refractivity contribution in [1.82, 2.24) is 0 Å². The first-order chi connectivity index (χ1) is 11.0. The molecule has 0 bridgehead atoms. The lowest BCUT2D eigenvalue weighted by atomic mass is 9.92. The predicted octanol–water partition coefficient (Wildman–Crippen LogP) is 4.05. The molecule has 1 N–H and O–H groups in total. The summed E-state index contributed by atoms with van der Waals surface area (Å²) < 4.78 is 11.5. The number of fused-ring (bicyclic) bond motifs is 1. The van der Waals surface area contributed by atoms with Gasteiger partial charge in [-0.15, -0.1) is 0 Å². The third-order valence-electron chi connectivity index (χ3n) is 4.18. The maximum Gasteiger partial charge on any atom is 0.232 e. The molecular weight excluding hydrogens is 358 g/mol. The predicted molar refractivity (Wildman–Crippen MR) is 93.5 cm³/mol. The van der Waals surface area contributed by atoms with E-state index in [9.17, 15) is 4.79 Å². The van der Waals surface area contributed by atoms with Gasteiger partial charge in [-0.2, -0.15) is 0 Å². The first-order valence-corrected chi connectivity index (χ1v) is 8.15. The van der Waals surface area contributed by atoms with Crippen molar-refractivity contribution in [2.75, 3.05) is 19.5 Å². The number of amides is 1. The molecule has 3 rings (SSSR count). The van der Waals surface area contributed by atoms with E-state index >= 15 is 0 Å². The average molecular weight is 376 g/mol. The molecule has 2 aromatic carbocycles. The summed E-state index contributed by atoms with van der Waals surface area (Å²) in [4.78, 5) is 12.4. The summed E-state index contributed by atoms with van der Waals surface area (Å²) in [6.07, 6.45) is 0.612. The number of anilines is 1. The van der Waals surface area contributed by atoms with Crippen LogP contribution in [0.25, 0.3) is 0 Å². The molecule has 1 amide bonds. The summed E-state index contributed by atoms with van der Waals surface area (Å²) in [5.74, 6) is 1.17. The molecule has 0 aliphatic carbocycles. The van der Waals surface area contributed by atoms with Crippen LogP contribution in [0.15, 0.2) is 34.8 Å². The molecule has 0 unspecified atom stereocenters. The lowest BCUT2D eigenvalue weighted by Gasteiger charge is -2.14. The second kappa shape index (κ2) is 6.24. The molecule has 0 fully saturated rings. The third-order valence-corrected chi connectivity index (χ3v) is 4.77. The number of para-hydroxylation sites is 1. The normalized spacial score (nSPS) is 16.0. The quantitative estimate of drug-likeness (QED) is 0.876. The number of ether oxygens (including phenoxy) is 2. The topological polar surface area (TPSA) is 47.6 Å². The molecule has 0 aromatic heterocycles. The van der Waals surface area contributed by atoms with Crippen molar-refractivity contribution in [3.8, 4) is 11.5 Å². The Morgan fingerprint density at radius 3 is 2.70 bits per heavy atom. The number of hydrogen-bond acceptors (Lipinski definition) is 3. The fourth-order valence-corrected chi connectivity index (χ4v) is 3.68. The number of methoxy groups -OCH3 is 2. The van der Waals surface area contributed by atoms with Gasteiger partial charge < -0.3 is 14.8 Å². The molecule has 0 saturated carbocycles. The maximum absolute atomic E-state index is 12.4. The van der Waals surface area contributed by atoms with Crippen molar-refractivity contribution < 1.29 is 14.3 Å². The molecular formula is C18H18BrNO3. The van der Waals surface area contributed by atoms with E-state index in [0.717, 1.165) is 26.9 Å². The molecule has 1 aliphatic heterocycles. The van der Waals surface area contributed by atoms with Crippen LogP contribution in [0.4, 0.5) is 5.69 Å². The van der Waals surface area contributed by atoms with E-state index in [1.807, 2.05) is 37.3 Å².